The van der Waals surface area contributed by atoms with Crippen LogP contribution >= 0.6 is 0 Å². The smallest absolute Gasteiger partial charge is 0.416 e. The number of rotatable bonds is 8. The second kappa shape index (κ2) is 12.1. The fourth-order valence-corrected chi connectivity index (χ4v) is 2.84. The molecule has 0 saturated carbocycles. The summed E-state index contributed by atoms with van der Waals surface area (Å²) in [7, 11) is 0. The van der Waals surface area contributed by atoms with E-state index < -0.39 is 29.4 Å². The maximum atomic E-state index is 12.5. The molecule has 9 heteroatoms. The third kappa shape index (κ3) is 9.67. The highest BCUT2D eigenvalue weighted by molar-refractivity contribution is 5.66. The molecule has 0 spiro atoms. The molecule has 3 nitrogen and oxygen atoms in total. The molecule has 2 rings (SSSR count). The summed E-state index contributed by atoms with van der Waals surface area (Å²) in [6.45, 7) is 0. The minimum Gasteiger partial charge on any atom is -0.481 e. The predicted molar refractivity (Wildman–Crippen MR) is 102 cm³/mol. The summed E-state index contributed by atoms with van der Waals surface area (Å²) in [6, 6.07) is 10.7. The SMILES string of the molecule is O=C(O)CCCc1ccccc1C(F)(F)F.O=CCCCc1ccccc1C(F)(F)F. The van der Waals surface area contributed by atoms with Crippen LogP contribution in [0.5, 0.6) is 0 Å². The molecule has 0 aromatic heterocycles. The molecule has 0 bridgehead atoms. The average molecular weight is 448 g/mol. The van der Waals surface area contributed by atoms with Gasteiger partial charge in [0.15, 0.2) is 0 Å². The molecule has 2 aromatic carbocycles. The van der Waals surface area contributed by atoms with Gasteiger partial charge in [0, 0.05) is 12.8 Å². The van der Waals surface area contributed by atoms with Gasteiger partial charge in [-0.15, -0.1) is 0 Å². The van der Waals surface area contributed by atoms with Crippen LogP contribution in [0.15, 0.2) is 48.5 Å². The standard InChI is InChI=1S/C11H11F3O2.C11H11F3O/c12-11(13,14)9-6-2-1-4-8(9)5-3-7-10(15)16;12-11(13,14)10-7-2-1-5-9(10)6-3-4-8-15/h1-2,4,6H,3,5,7H2,(H,15,16);1-2,5,7-8H,3-4,6H2. The zero-order valence-corrected chi connectivity index (χ0v) is 16.5. The van der Waals surface area contributed by atoms with Crippen LogP contribution in [-0.4, -0.2) is 17.4 Å². The molecule has 0 saturated heterocycles. The van der Waals surface area contributed by atoms with E-state index in [9.17, 15) is 35.9 Å². The van der Waals surface area contributed by atoms with Crippen molar-refractivity contribution >= 4 is 12.3 Å². The molecular weight excluding hydrogens is 426 g/mol. The Morgan fingerprint density at radius 3 is 1.58 bits per heavy atom. The van der Waals surface area contributed by atoms with Crippen molar-refractivity contribution in [2.75, 3.05) is 0 Å². The Balaban J connectivity index is 0.000000311. The minimum atomic E-state index is -4.38. The lowest BCUT2D eigenvalue weighted by Crippen LogP contribution is -2.09. The lowest BCUT2D eigenvalue weighted by molar-refractivity contribution is -0.139. The number of aryl methyl sites for hydroxylation is 2. The number of carbonyl (C=O) groups excluding carboxylic acids is 1. The van der Waals surface area contributed by atoms with E-state index in [1.54, 1.807) is 6.07 Å². The molecular formula is C22H22F6O3. The van der Waals surface area contributed by atoms with Gasteiger partial charge >= 0.3 is 18.3 Å². The zero-order chi connectivity index (χ0) is 23.5. The van der Waals surface area contributed by atoms with Crippen LogP contribution in [0.4, 0.5) is 26.3 Å². The Morgan fingerprint density at radius 2 is 1.19 bits per heavy atom. The van der Waals surface area contributed by atoms with E-state index in [1.807, 2.05) is 0 Å². The van der Waals surface area contributed by atoms with Gasteiger partial charge in [-0.05, 0) is 48.9 Å². The molecule has 0 amide bonds. The van der Waals surface area contributed by atoms with Crippen molar-refractivity contribution in [3.63, 3.8) is 0 Å². The first-order chi connectivity index (χ1) is 14.5. The molecule has 0 radical (unpaired) electrons. The molecule has 2 aromatic rings. The van der Waals surface area contributed by atoms with Gasteiger partial charge in [-0.2, -0.15) is 26.3 Å². The van der Waals surface area contributed by atoms with Gasteiger partial charge in [0.1, 0.15) is 6.29 Å². The Morgan fingerprint density at radius 1 is 0.774 bits per heavy atom. The van der Waals surface area contributed by atoms with E-state index in [0.717, 1.165) is 18.4 Å². The van der Waals surface area contributed by atoms with Crippen molar-refractivity contribution in [1.82, 2.24) is 0 Å². The van der Waals surface area contributed by atoms with Crippen molar-refractivity contribution in [1.29, 1.82) is 0 Å². The predicted octanol–water partition coefficient (Wildman–Crippen LogP) is 6.34. The second-order valence-corrected chi connectivity index (χ2v) is 6.62. The summed E-state index contributed by atoms with van der Waals surface area (Å²) in [5, 5.41) is 8.40. The molecule has 0 aliphatic heterocycles. The maximum Gasteiger partial charge on any atom is 0.416 e. The largest absolute Gasteiger partial charge is 0.481 e. The monoisotopic (exact) mass is 448 g/mol. The van der Waals surface area contributed by atoms with Crippen LogP contribution in [0, 0.1) is 0 Å². The van der Waals surface area contributed by atoms with E-state index in [1.165, 1.54) is 30.3 Å². The molecule has 31 heavy (non-hydrogen) atoms. The van der Waals surface area contributed by atoms with Crippen LogP contribution in [0.1, 0.15) is 47.9 Å². The van der Waals surface area contributed by atoms with Crippen molar-refractivity contribution in [3.05, 3.63) is 70.8 Å². The zero-order valence-electron chi connectivity index (χ0n) is 16.5. The maximum absolute atomic E-state index is 12.5. The number of aldehydes is 1. The Kier molecular flexibility index (Phi) is 10.2. The molecule has 0 unspecified atom stereocenters. The van der Waals surface area contributed by atoms with E-state index in [2.05, 4.69) is 0 Å². The van der Waals surface area contributed by atoms with Crippen LogP contribution in [-0.2, 0) is 34.8 Å². The van der Waals surface area contributed by atoms with Crippen molar-refractivity contribution in [2.24, 2.45) is 0 Å². The van der Waals surface area contributed by atoms with Gasteiger partial charge < -0.3 is 9.90 Å². The highest BCUT2D eigenvalue weighted by atomic mass is 19.4. The van der Waals surface area contributed by atoms with Crippen LogP contribution in [0.2, 0.25) is 0 Å². The number of aliphatic carboxylic acids is 1. The first kappa shape index (κ1) is 26.2. The number of carboxylic acid groups (broad SMARTS) is 1. The molecule has 0 aliphatic carbocycles. The van der Waals surface area contributed by atoms with Crippen LogP contribution in [0.3, 0.4) is 0 Å². The Hall–Kier alpha value is -2.84. The number of hydrogen-bond acceptors (Lipinski definition) is 2. The normalized spacial score (nSPS) is 11.4. The fourth-order valence-electron chi connectivity index (χ4n) is 2.84. The number of carbonyl (C=O) groups is 2. The van der Waals surface area contributed by atoms with Gasteiger partial charge in [0.2, 0.25) is 0 Å². The molecule has 0 fully saturated rings. The van der Waals surface area contributed by atoms with E-state index >= 15 is 0 Å². The summed E-state index contributed by atoms with van der Waals surface area (Å²) < 4.78 is 75.0. The summed E-state index contributed by atoms with van der Waals surface area (Å²) in [5.41, 5.74) is -0.876. The fraction of sp³-hybridized carbons (Fsp3) is 0.364. The molecule has 0 aliphatic rings. The van der Waals surface area contributed by atoms with E-state index in [0.29, 0.717) is 12.8 Å². The molecule has 1 N–H and O–H groups in total. The van der Waals surface area contributed by atoms with Crippen molar-refractivity contribution < 1.29 is 41.0 Å². The van der Waals surface area contributed by atoms with Crippen molar-refractivity contribution in [3.8, 4) is 0 Å². The third-order valence-corrected chi connectivity index (χ3v) is 4.25. The lowest BCUT2D eigenvalue weighted by Gasteiger charge is -2.11. The van der Waals surface area contributed by atoms with Crippen LogP contribution in [0.25, 0.3) is 0 Å². The van der Waals surface area contributed by atoms with Gasteiger partial charge in [-0.1, -0.05) is 36.4 Å². The van der Waals surface area contributed by atoms with Gasteiger partial charge in [0.25, 0.3) is 0 Å². The highest BCUT2D eigenvalue weighted by Gasteiger charge is 2.33. The number of carboxylic acids is 1. The lowest BCUT2D eigenvalue weighted by atomic mass is 10.0. The first-order valence-electron chi connectivity index (χ1n) is 9.42. The second-order valence-electron chi connectivity index (χ2n) is 6.62. The van der Waals surface area contributed by atoms with E-state index in [-0.39, 0.29) is 36.8 Å². The molecule has 170 valence electrons. The Bertz CT molecular complexity index is 844. The number of unbranched alkanes of at least 4 members (excludes halogenated alkanes) is 1. The molecule has 0 atom stereocenters. The van der Waals surface area contributed by atoms with E-state index in [4.69, 9.17) is 5.11 Å². The average Bonchev–Trinajstić information content (AvgIpc) is 2.68. The number of alkyl halides is 6. The van der Waals surface area contributed by atoms with Gasteiger partial charge in [-0.3, -0.25) is 4.79 Å². The summed E-state index contributed by atoms with van der Waals surface area (Å²) in [6.07, 6.45) is -6.71. The summed E-state index contributed by atoms with van der Waals surface area (Å²) in [4.78, 5) is 20.3. The quantitative estimate of drug-likeness (QED) is 0.291. The first-order valence-corrected chi connectivity index (χ1v) is 9.42. The van der Waals surface area contributed by atoms with Crippen LogP contribution < -0.4 is 0 Å². The van der Waals surface area contributed by atoms with Crippen molar-refractivity contribution in [2.45, 2.75) is 50.9 Å². The molecule has 0 heterocycles. The van der Waals surface area contributed by atoms with Gasteiger partial charge in [-0.25, -0.2) is 0 Å². The topological polar surface area (TPSA) is 54.4 Å². The number of halogens is 6. The highest BCUT2D eigenvalue weighted by Crippen LogP contribution is 2.33. The number of benzene rings is 2. The Labute approximate surface area is 175 Å². The van der Waals surface area contributed by atoms with Gasteiger partial charge in [0.05, 0.1) is 11.1 Å². The summed E-state index contributed by atoms with van der Waals surface area (Å²) in [5.74, 6) is -0.996. The summed E-state index contributed by atoms with van der Waals surface area (Å²) >= 11 is 0. The third-order valence-electron chi connectivity index (χ3n) is 4.25. The minimum absolute atomic E-state index is 0.119. The number of hydrogen-bond donors (Lipinski definition) is 1.